The summed E-state index contributed by atoms with van der Waals surface area (Å²) >= 11 is 0. The second-order valence-corrected chi connectivity index (χ2v) is 4.53. The zero-order valence-electron chi connectivity index (χ0n) is 11.0. The fourth-order valence-corrected chi connectivity index (χ4v) is 1.44. The molecule has 1 aliphatic rings. The van der Waals surface area contributed by atoms with Crippen LogP contribution in [0, 0.1) is 12.8 Å². The SMILES string of the molecule is Cc1ncc(/C(N)=N/N(N)C(F)F)c(OCC2CC2)n1. The maximum Gasteiger partial charge on any atom is 0.342 e. The van der Waals surface area contributed by atoms with E-state index in [4.69, 9.17) is 16.3 Å². The third kappa shape index (κ3) is 3.73. The van der Waals surface area contributed by atoms with Crippen LogP contribution in [-0.4, -0.2) is 34.1 Å². The molecular formula is C11H16F2N6O. The topological polar surface area (TPSA) is 103 Å². The van der Waals surface area contributed by atoms with Crippen LogP contribution in [0.5, 0.6) is 5.88 Å². The van der Waals surface area contributed by atoms with Crippen LogP contribution in [0.25, 0.3) is 0 Å². The molecule has 1 heterocycles. The van der Waals surface area contributed by atoms with Gasteiger partial charge in [-0.25, -0.2) is 10.8 Å². The molecule has 110 valence electrons. The molecule has 20 heavy (non-hydrogen) atoms. The Morgan fingerprint density at radius 1 is 1.60 bits per heavy atom. The summed E-state index contributed by atoms with van der Waals surface area (Å²) in [6.45, 7) is -0.747. The summed E-state index contributed by atoms with van der Waals surface area (Å²) in [4.78, 5) is 8.06. The van der Waals surface area contributed by atoms with Crippen molar-refractivity contribution < 1.29 is 13.5 Å². The first-order chi connectivity index (χ1) is 9.47. The molecule has 0 radical (unpaired) electrons. The predicted molar refractivity (Wildman–Crippen MR) is 67.7 cm³/mol. The van der Waals surface area contributed by atoms with Gasteiger partial charge in [-0.1, -0.05) is 0 Å². The van der Waals surface area contributed by atoms with Crippen molar-refractivity contribution in [2.75, 3.05) is 6.61 Å². The lowest BCUT2D eigenvalue weighted by Crippen LogP contribution is -2.34. The minimum Gasteiger partial charge on any atom is -0.477 e. The maximum atomic E-state index is 12.3. The molecule has 0 saturated heterocycles. The Morgan fingerprint density at radius 3 is 2.90 bits per heavy atom. The number of halogens is 2. The monoisotopic (exact) mass is 286 g/mol. The average Bonchev–Trinajstić information content (AvgIpc) is 3.20. The lowest BCUT2D eigenvalue weighted by Gasteiger charge is -2.13. The van der Waals surface area contributed by atoms with E-state index in [1.807, 2.05) is 0 Å². The summed E-state index contributed by atoms with van der Waals surface area (Å²) in [6.07, 6.45) is 3.61. The molecule has 0 aromatic carbocycles. The van der Waals surface area contributed by atoms with Crippen molar-refractivity contribution in [3.05, 3.63) is 17.6 Å². The smallest absolute Gasteiger partial charge is 0.342 e. The number of rotatable bonds is 6. The molecule has 1 aromatic heterocycles. The summed E-state index contributed by atoms with van der Waals surface area (Å²) in [7, 11) is 0. The summed E-state index contributed by atoms with van der Waals surface area (Å²) in [5.41, 5.74) is 5.88. The number of hydrazone groups is 1. The first kappa shape index (κ1) is 14.4. The predicted octanol–water partition coefficient (Wildman–Crippen LogP) is 0.592. The Hall–Kier alpha value is -2.03. The number of aromatic nitrogens is 2. The quantitative estimate of drug-likeness (QED) is 0.261. The van der Waals surface area contributed by atoms with Crippen molar-refractivity contribution in [2.24, 2.45) is 22.6 Å². The van der Waals surface area contributed by atoms with Crippen LogP contribution >= 0.6 is 0 Å². The number of hydrogen-bond acceptors (Lipinski definition) is 6. The minimum atomic E-state index is -2.95. The van der Waals surface area contributed by atoms with Gasteiger partial charge < -0.3 is 10.5 Å². The summed E-state index contributed by atoms with van der Waals surface area (Å²) < 4.78 is 30.2. The fourth-order valence-electron chi connectivity index (χ4n) is 1.44. The van der Waals surface area contributed by atoms with Gasteiger partial charge in [-0.05, 0) is 25.7 Å². The number of amidine groups is 1. The van der Waals surface area contributed by atoms with Gasteiger partial charge in [0.05, 0.1) is 12.2 Å². The number of nitrogens with two attached hydrogens (primary N) is 2. The van der Waals surface area contributed by atoms with Gasteiger partial charge in [0.25, 0.3) is 0 Å². The van der Waals surface area contributed by atoms with E-state index in [1.54, 1.807) is 6.92 Å². The Morgan fingerprint density at radius 2 is 2.30 bits per heavy atom. The molecule has 1 aromatic rings. The third-order valence-corrected chi connectivity index (χ3v) is 2.73. The molecule has 0 unspecified atom stereocenters. The molecule has 0 amide bonds. The number of hydrogen-bond donors (Lipinski definition) is 2. The van der Waals surface area contributed by atoms with Gasteiger partial charge in [0.15, 0.2) is 5.84 Å². The Bertz CT molecular complexity index is 506. The second kappa shape index (κ2) is 5.95. The van der Waals surface area contributed by atoms with Crippen LogP contribution in [0.4, 0.5) is 8.78 Å². The van der Waals surface area contributed by atoms with Crippen molar-refractivity contribution in [3.63, 3.8) is 0 Å². The number of nitrogens with zero attached hydrogens (tertiary/aromatic N) is 4. The molecular weight excluding hydrogens is 270 g/mol. The molecule has 9 heteroatoms. The third-order valence-electron chi connectivity index (χ3n) is 2.73. The van der Waals surface area contributed by atoms with Gasteiger partial charge in [0, 0.05) is 6.20 Å². The van der Waals surface area contributed by atoms with Crippen LogP contribution in [0.2, 0.25) is 0 Å². The molecule has 1 fully saturated rings. The van der Waals surface area contributed by atoms with Crippen molar-refractivity contribution in [2.45, 2.75) is 26.3 Å². The molecule has 0 aliphatic heterocycles. The standard InChI is InChI=1S/C11H16F2N6O/c1-6-16-4-8(9(14)18-19(15)11(12)13)10(17-6)20-5-7-2-3-7/h4,7,11H,2-3,5,15H2,1H3,(H2,14,18). The molecule has 1 saturated carbocycles. The number of alkyl halides is 2. The minimum absolute atomic E-state index is 0.0279. The number of aryl methyl sites for hydroxylation is 1. The maximum absolute atomic E-state index is 12.3. The highest BCUT2D eigenvalue weighted by Gasteiger charge is 2.23. The van der Waals surface area contributed by atoms with E-state index in [2.05, 4.69) is 15.1 Å². The van der Waals surface area contributed by atoms with Crippen LogP contribution in [0.15, 0.2) is 11.3 Å². The highest BCUT2D eigenvalue weighted by atomic mass is 19.3. The van der Waals surface area contributed by atoms with Crippen molar-refractivity contribution >= 4 is 5.84 Å². The lowest BCUT2D eigenvalue weighted by atomic mass is 10.3. The van der Waals surface area contributed by atoms with Gasteiger partial charge >= 0.3 is 6.55 Å². The van der Waals surface area contributed by atoms with Crippen LogP contribution in [0.1, 0.15) is 24.2 Å². The van der Waals surface area contributed by atoms with Crippen molar-refractivity contribution in [1.29, 1.82) is 0 Å². The van der Waals surface area contributed by atoms with Crippen molar-refractivity contribution in [3.8, 4) is 5.88 Å². The Labute approximate surface area is 114 Å². The average molecular weight is 286 g/mol. The normalized spacial score (nSPS) is 15.6. The van der Waals surface area contributed by atoms with Crippen LogP contribution in [-0.2, 0) is 0 Å². The van der Waals surface area contributed by atoms with Gasteiger partial charge in [-0.3, -0.25) is 0 Å². The van der Waals surface area contributed by atoms with Gasteiger partial charge in [0.2, 0.25) is 5.88 Å². The molecule has 2 rings (SSSR count). The van der Waals surface area contributed by atoms with E-state index in [-0.39, 0.29) is 22.4 Å². The first-order valence-corrected chi connectivity index (χ1v) is 6.10. The van der Waals surface area contributed by atoms with Crippen LogP contribution < -0.4 is 16.3 Å². The second-order valence-electron chi connectivity index (χ2n) is 4.53. The molecule has 0 bridgehead atoms. The molecule has 4 N–H and O–H groups in total. The zero-order chi connectivity index (χ0) is 14.7. The van der Waals surface area contributed by atoms with Crippen LogP contribution in [0.3, 0.4) is 0 Å². The lowest BCUT2D eigenvalue weighted by molar-refractivity contribution is -0.0266. The molecule has 7 nitrogen and oxygen atoms in total. The largest absolute Gasteiger partial charge is 0.477 e. The first-order valence-electron chi connectivity index (χ1n) is 6.10. The molecule has 0 spiro atoms. The van der Waals surface area contributed by atoms with Gasteiger partial charge in [-0.15, -0.1) is 5.10 Å². The van der Waals surface area contributed by atoms with E-state index in [1.165, 1.54) is 6.20 Å². The molecule has 0 atom stereocenters. The van der Waals surface area contributed by atoms with Crippen molar-refractivity contribution in [1.82, 2.24) is 15.1 Å². The zero-order valence-corrected chi connectivity index (χ0v) is 11.0. The van der Waals surface area contributed by atoms with E-state index in [0.29, 0.717) is 18.3 Å². The number of hydrazine groups is 1. The highest BCUT2D eigenvalue weighted by molar-refractivity contribution is 5.99. The summed E-state index contributed by atoms with van der Waals surface area (Å²) in [5, 5.41) is 3.35. The van der Waals surface area contributed by atoms with Gasteiger partial charge in [0.1, 0.15) is 5.82 Å². The number of ether oxygens (including phenoxy) is 1. The van der Waals surface area contributed by atoms with E-state index in [0.717, 1.165) is 12.8 Å². The van der Waals surface area contributed by atoms with E-state index < -0.39 is 6.55 Å². The van der Waals surface area contributed by atoms with Gasteiger partial charge in [-0.2, -0.15) is 18.9 Å². The summed E-state index contributed by atoms with van der Waals surface area (Å²) in [6, 6.07) is 0. The summed E-state index contributed by atoms with van der Waals surface area (Å²) in [5.74, 6) is 6.02. The Balaban J connectivity index is 2.19. The highest BCUT2D eigenvalue weighted by Crippen LogP contribution is 2.29. The van der Waals surface area contributed by atoms with E-state index in [9.17, 15) is 8.78 Å². The Kier molecular flexibility index (Phi) is 4.28. The van der Waals surface area contributed by atoms with E-state index >= 15 is 0 Å². The molecule has 1 aliphatic carbocycles. The fraction of sp³-hybridized carbons (Fsp3) is 0.545.